The molecule has 0 unspecified atom stereocenters. The van der Waals surface area contributed by atoms with E-state index in [2.05, 4.69) is 50.8 Å². The Hall–Kier alpha value is -2.19. The van der Waals surface area contributed by atoms with Crippen LogP contribution in [0.4, 0.5) is 5.13 Å². The molecule has 138 valence electrons. The lowest BCUT2D eigenvalue weighted by molar-refractivity contribution is 0.818. The minimum Gasteiger partial charge on any atom is -0.360 e. The van der Waals surface area contributed by atoms with E-state index in [0.717, 1.165) is 46.9 Å². The molecule has 26 heavy (non-hydrogen) atoms. The number of benzene rings is 1. The van der Waals surface area contributed by atoms with Crippen molar-refractivity contribution in [3.8, 4) is 0 Å². The van der Waals surface area contributed by atoms with E-state index in [1.165, 1.54) is 9.58 Å². The Balaban J connectivity index is 1.49. The van der Waals surface area contributed by atoms with E-state index in [-0.39, 0.29) is 0 Å². The molecule has 6 nitrogen and oxygen atoms in total. The number of rotatable bonds is 7. The first-order valence-electron chi connectivity index (χ1n) is 8.70. The predicted octanol–water partition coefficient (Wildman–Crippen LogP) is 3.54. The molecule has 0 saturated carbocycles. The molecule has 0 fully saturated rings. The van der Waals surface area contributed by atoms with Gasteiger partial charge in [0, 0.05) is 24.5 Å². The first-order chi connectivity index (χ1) is 12.7. The first-order valence-corrected chi connectivity index (χ1v) is 10.3. The van der Waals surface area contributed by atoms with Crippen molar-refractivity contribution in [2.45, 2.75) is 27.3 Å². The van der Waals surface area contributed by atoms with E-state index in [0.29, 0.717) is 6.54 Å². The molecule has 0 bridgehead atoms. The van der Waals surface area contributed by atoms with Gasteiger partial charge in [0.05, 0.1) is 22.5 Å². The van der Waals surface area contributed by atoms with Crippen LogP contribution in [0.15, 0.2) is 29.3 Å². The van der Waals surface area contributed by atoms with E-state index in [1.54, 1.807) is 22.7 Å². The van der Waals surface area contributed by atoms with Gasteiger partial charge >= 0.3 is 0 Å². The lowest BCUT2D eigenvalue weighted by Crippen LogP contribution is -2.39. The molecule has 0 atom stereocenters. The minimum atomic E-state index is 0.597. The van der Waals surface area contributed by atoms with Crippen LogP contribution in [0.25, 0.3) is 10.2 Å². The normalized spacial score (nSPS) is 11.7. The van der Waals surface area contributed by atoms with Gasteiger partial charge in [0.1, 0.15) is 5.01 Å². The van der Waals surface area contributed by atoms with Gasteiger partial charge in [-0.25, -0.2) is 15.0 Å². The second kappa shape index (κ2) is 8.95. The molecule has 0 radical (unpaired) electrons. The number of hydrogen-bond donors (Lipinski definition) is 3. The van der Waals surface area contributed by atoms with E-state index < -0.39 is 0 Å². The molecule has 2 aromatic heterocycles. The van der Waals surface area contributed by atoms with Gasteiger partial charge < -0.3 is 16.0 Å². The molecule has 3 N–H and O–H groups in total. The molecule has 2 heterocycles. The Morgan fingerprint density at radius 3 is 2.65 bits per heavy atom. The molecule has 1 aromatic carbocycles. The van der Waals surface area contributed by atoms with Crippen LogP contribution in [0.5, 0.6) is 0 Å². The van der Waals surface area contributed by atoms with Crippen LogP contribution in [0.2, 0.25) is 0 Å². The fourth-order valence-electron chi connectivity index (χ4n) is 2.39. The average Bonchev–Trinajstić information content (AvgIpc) is 3.19. The number of nitrogens with one attached hydrogen (secondary N) is 3. The summed E-state index contributed by atoms with van der Waals surface area (Å²) in [5, 5.41) is 12.0. The molecule has 8 heteroatoms. The van der Waals surface area contributed by atoms with Crippen LogP contribution in [-0.4, -0.2) is 35.6 Å². The van der Waals surface area contributed by atoms with Gasteiger partial charge in [0.25, 0.3) is 0 Å². The zero-order valence-electron chi connectivity index (χ0n) is 15.3. The summed E-state index contributed by atoms with van der Waals surface area (Å²) in [6.45, 7) is 9.16. The van der Waals surface area contributed by atoms with Crippen LogP contribution in [0, 0.1) is 13.8 Å². The van der Waals surface area contributed by atoms with Gasteiger partial charge in [0.2, 0.25) is 0 Å². The number of hydrogen-bond acceptors (Lipinski definition) is 6. The molecule has 0 aliphatic rings. The molecular formula is C18H24N6S2. The SMILES string of the molecule is CCNC(=NCc1nc(C)c(C)s1)NCCNc1nc2ccccc2s1. The maximum atomic E-state index is 4.62. The minimum absolute atomic E-state index is 0.597. The lowest BCUT2D eigenvalue weighted by Gasteiger charge is -2.11. The van der Waals surface area contributed by atoms with Crippen molar-refractivity contribution in [1.29, 1.82) is 0 Å². The van der Waals surface area contributed by atoms with Gasteiger partial charge in [0.15, 0.2) is 11.1 Å². The third-order valence-electron chi connectivity index (χ3n) is 3.78. The number of aromatic nitrogens is 2. The topological polar surface area (TPSA) is 74.2 Å². The maximum Gasteiger partial charge on any atom is 0.191 e. The van der Waals surface area contributed by atoms with E-state index >= 15 is 0 Å². The van der Waals surface area contributed by atoms with Gasteiger partial charge in [-0.05, 0) is 32.9 Å². The Bertz CT molecular complexity index is 830. The summed E-state index contributed by atoms with van der Waals surface area (Å²) in [7, 11) is 0. The number of fused-ring (bicyclic) bond motifs is 1. The van der Waals surface area contributed by atoms with Crippen molar-refractivity contribution in [2.24, 2.45) is 4.99 Å². The highest BCUT2D eigenvalue weighted by atomic mass is 32.1. The smallest absolute Gasteiger partial charge is 0.191 e. The molecule has 0 spiro atoms. The number of guanidine groups is 1. The number of para-hydroxylation sites is 1. The monoisotopic (exact) mass is 388 g/mol. The average molecular weight is 389 g/mol. The zero-order valence-corrected chi connectivity index (χ0v) is 16.9. The third kappa shape index (κ3) is 4.92. The van der Waals surface area contributed by atoms with Crippen molar-refractivity contribution >= 4 is 44.0 Å². The second-order valence-corrected chi connectivity index (χ2v) is 8.10. The number of aryl methyl sites for hydroxylation is 2. The molecule has 0 saturated heterocycles. The van der Waals surface area contributed by atoms with Crippen molar-refractivity contribution < 1.29 is 0 Å². The van der Waals surface area contributed by atoms with E-state index in [4.69, 9.17) is 0 Å². The van der Waals surface area contributed by atoms with Crippen molar-refractivity contribution in [3.05, 3.63) is 39.8 Å². The highest BCUT2D eigenvalue weighted by Crippen LogP contribution is 2.24. The molecule has 3 rings (SSSR count). The van der Waals surface area contributed by atoms with Crippen LogP contribution in [0.3, 0.4) is 0 Å². The number of aliphatic imine (C=N–C) groups is 1. The van der Waals surface area contributed by atoms with E-state index in [1.807, 2.05) is 25.1 Å². The summed E-state index contributed by atoms with van der Waals surface area (Å²) in [5.41, 5.74) is 2.13. The molecule has 0 aliphatic carbocycles. The van der Waals surface area contributed by atoms with Crippen LogP contribution < -0.4 is 16.0 Å². The van der Waals surface area contributed by atoms with Crippen LogP contribution in [0.1, 0.15) is 22.5 Å². The summed E-state index contributed by atoms with van der Waals surface area (Å²) in [6.07, 6.45) is 0. The van der Waals surface area contributed by atoms with Gasteiger partial charge in [-0.3, -0.25) is 0 Å². The molecular weight excluding hydrogens is 364 g/mol. The van der Waals surface area contributed by atoms with Crippen molar-refractivity contribution in [2.75, 3.05) is 25.0 Å². The zero-order chi connectivity index (χ0) is 18.4. The number of anilines is 1. The third-order valence-corrected chi connectivity index (χ3v) is 5.83. The quantitative estimate of drug-likeness (QED) is 0.328. The molecule has 3 aromatic rings. The Labute approximate surface area is 161 Å². The number of nitrogens with zero attached hydrogens (tertiary/aromatic N) is 3. The first kappa shape index (κ1) is 18.6. The van der Waals surface area contributed by atoms with Crippen LogP contribution >= 0.6 is 22.7 Å². The lowest BCUT2D eigenvalue weighted by atomic mass is 10.3. The standard InChI is InChI=1S/C18H24N6S2/c1-4-19-17(22-11-16-23-12(2)13(3)25-16)20-9-10-21-18-24-14-7-5-6-8-15(14)26-18/h5-8H,4,9-11H2,1-3H3,(H,21,24)(H2,19,20,22). The van der Waals surface area contributed by atoms with Crippen LogP contribution in [-0.2, 0) is 6.54 Å². The fourth-order valence-corrected chi connectivity index (χ4v) is 4.14. The largest absolute Gasteiger partial charge is 0.360 e. The molecule has 0 aliphatic heterocycles. The summed E-state index contributed by atoms with van der Waals surface area (Å²) in [6, 6.07) is 8.18. The summed E-state index contributed by atoms with van der Waals surface area (Å²) < 4.78 is 1.20. The fraction of sp³-hybridized carbons (Fsp3) is 0.389. The summed E-state index contributed by atoms with van der Waals surface area (Å²) >= 11 is 3.38. The highest BCUT2D eigenvalue weighted by Gasteiger charge is 2.04. The summed E-state index contributed by atoms with van der Waals surface area (Å²) in [4.78, 5) is 15.0. The van der Waals surface area contributed by atoms with Gasteiger partial charge in [-0.2, -0.15) is 0 Å². The Morgan fingerprint density at radius 2 is 1.92 bits per heavy atom. The van der Waals surface area contributed by atoms with E-state index in [9.17, 15) is 0 Å². The Kier molecular flexibility index (Phi) is 6.40. The highest BCUT2D eigenvalue weighted by molar-refractivity contribution is 7.22. The number of thiazole rings is 2. The maximum absolute atomic E-state index is 4.62. The summed E-state index contributed by atoms with van der Waals surface area (Å²) in [5.74, 6) is 0.809. The second-order valence-electron chi connectivity index (χ2n) is 5.78. The molecule has 0 amide bonds. The van der Waals surface area contributed by atoms with Gasteiger partial charge in [-0.1, -0.05) is 23.5 Å². The van der Waals surface area contributed by atoms with Gasteiger partial charge in [-0.15, -0.1) is 11.3 Å². The Morgan fingerprint density at radius 1 is 1.08 bits per heavy atom. The van der Waals surface area contributed by atoms with Crippen molar-refractivity contribution in [3.63, 3.8) is 0 Å². The van der Waals surface area contributed by atoms with Crippen molar-refractivity contribution in [1.82, 2.24) is 20.6 Å². The predicted molar refractivity (Wildman–Crippen MR) is 113 cm³/mol.